The summed E-state index contributed by atoms with van der Waals surface area (Å²) >= 11 is 3.48. The molecule has 1 heterocycles. The second-order valence-electron chi connectivity index (χ2n) is 7.00. The lowest BCUT2D eigenvalue weighted by Crippen LogP contribution is -2.32. The summed E-state index contributed by atoms with van der Waals surface area (Å²) < 4.78 is 11.2. The second-order valence-corrected chi connectivity index (χ2v) is 7.86. The van der Waals surface area contributed by atoms with E-state index in [2.05, 4.69) is 20.9 Å². The predicted molar refractivity (Wildman–Crippen MR) is 129 cm³/mol. The molecule has 0 atom stereocenters. The third-order valence-corrected chi connectivity index (χ3v) is 5.61. The van der Waals surface area contributed by atoms with Crippen LogP contribution in [0.5, 0.6) is 11.5 Å². The molecular weight excluding hydrogens is 490 g/mol. The number of hydrogen-bond acceptors (Lipinski definition) is 6. The van der Waals surface area contributed by atoms with Gasteiger partial charge in [0.25, 0.3) is 11.6 Å². The van der Waals surface area contributed by atoms with Crippen molar-refractivity contribution < 1.29 is 19.2 Å². The quantitative estimate of drug-likeness (QED) is 0.259. The molecule has 3 aromatic carbocycles. The van der Waals surface area contributed by atoms with Crippen molar-refractivity contribution in [2.24, 2.45) is 4.99 Å². The second kappa shape index (κ2) is 9.25. The van der Waals surface area contributed by atoms with Crippen molar-refractivity contribution in [1.29, 1.82) is 0 Å². The van der Waals surface area contributed by atoms with Gasteiger partial charge in [-0.25, -0.2) is 4.99 Å². The van der Waals surface area contributed by atoms with E-state index in [4.69, 9.17) is 9.47 Å². The first kappa shape index (κ1) is 22.2. The van der Waals surface area contributed by atoms with Crippen LogP contribution in [0.3, 0.4) is 0 Å². The van der Waals surface area contributed by atoms with E-state index >= 15 is 0 Å². The van der Waals surface area contributed by atoms with Crippen molar-refractivity contribution in [1.82, 2.24) is 0 Å². The first-order valence-corrected chi connectivity index (χ1v) is 10.6. The number of benzene rings is 3. The molecule has 166 valence electrons. The molecule has 0 aromatic heterocycles. The van der Waals surface area contributed by atoms with Crippen LogP contribution in [0.15, 0.2) is 81.9 Å². The molecule has 33 heavy (non-hydrogen) atoms. The Balaban J connectivity index is 1.82. The van der Waals surface area contributed by atoms with Gasteiger partial charge in [0.2, 0.25) is 0 Å². The van der Waals surface area contributed by atoms with Crippen molar-refractivity contribution in [3.8, 4) is 11.5 Å². The van der Waals surface area contributed by atoms with Crippen molar-refractivity contribution in [2.75, 3.05) is 19.1 Å². The van der Waals surface area contributed by atoms with E-state index in [1.54, 1.807) is 56.7 Å². The Morgan fingerprint density at radius 1 is 1.03 bits per heavy atom. The predicted octanol–water partition coefficient (Wildman–Crippen LogP) is 5.21. The van der Waals surface area contributed by atoms with Gasteiger partial charge in [-0.15, -0.1) is 0 Å². The van der Waals surface area contributed by atoms with E-state index in [1.165, 1.54) is 23.1 Å². The number of nitrogens with zero attached hydrogens (tertiary/aromatic N) is 3. The van der Waals surface area contributed by atoms with Crippen LogP contribution in [-0.4, -0.2) is 30.9 Å². The summed E-state index contributed by atoms with van der Waals surface area (Å²) in [6.45, 7) is 0. The lowest BCUT2D eigenvalue weighted by Gasteiger charge is -2.19. The molecule has 0 unspecified atom stereocenters. The number of rotatable bonds is 6. The lowest BCUT2D eigenvalue weighted by atomic mass is 10.1. The number of non-ortho nitro benzene ring substituents is 1. The molecule has 4 rings (SSSR count). The van der Waals surface area contributed by atoms with Crippen LogP contribution in [0.25, 0.3) is 6.08 Å². The van der Waals surface area contributed by atoms with Crippen LogP contribution in [0, 0.1) is 10.1 Å². The highest BCUT2D eigenvalue weighted by Gasteiger charge is 2.33. The molecule has 8 nitrogen and oxygen atoms in total. The van der Waals surface area contributed by atoms with E-state index in [-0.39, 0.29) is 17.3 Å². The SMILES string of the molecule is COc1ccc(N2C(=O)/C(=C/c3cccc([N+](=O)[O-])c3)N=C2c2ccc(OC)c(Br)c2)cc1. The molecule has 0 bridgehead atoms. The number of nitro groups is 1. The first-order chi connectivity index (χ1) is 15.9. The highest BCUT2D eigenvalue weighted by Crippen LogP contribution is 2.32. The number of methoxy groups -OCH3 is 2. The highest BCUT2D eigenvalue weighted by atomic mass is 79.9. The monoisotopic (exact) mass is 507 g/mol. The number of aliphatic imine (C=N–C) groups is 1. The summed E-state index contributed by atoms with van der Waals surface area (Å²) in [6, 6.07) is 18.5. The molecule has 0 saturated heterocycles. The topological polar surface area (TPSA) is 94.3 Å². The maximum Gasteiger partial charge on any atom is 0.282 e. The summed E-state index contributed by atoms with van der Waals surface area (Å²) in [5.74, 6) is 1.37. The fraction of sp³-hybridized carbons (Fsp3) is 0.0833. The number of carbonyl (C=O) groups is 1. The molecule has 0 saturated carbocycles. The zero-order chi connectivity index (χ0) is 23.5. The maximum atomic E-state index is 13.4. The Morgan fingerprint density at radius 2 is 1.79 bits per heavy atom. The number of carbonyl (C=O) groups excluding carboxylic acids is 1. The summed E-state index contributed by atoms with van der Waals surface area (Å²) in [6.07, 6.45) is 1.54. The smallest absolute Gasteiger partial charge is 0.282 e. The molecule has 0 aliphatic carbocycles. The van der Waals surface area contributed by atoms with Crippen LogP contribution in [0.4, 0.5) is 11.4 Å². The number of halogens is 1. The molecule has 0 radical (unpaired) electrons. The van der Waals surface area contributed by atoms with Crippen LogP contribution in [0.1, 0.15) is 11.1 Å². The molecule has 0 N–H and O–H groups in total. The highest BCUT2D eigenvalue weighted by molar-refractivity contribution is 9.10. The fourth-order valence-corrected chi connectivity index (χ4v) is 3.91. The fourth-order valence-electron chi connectivity index (χ4n) is 3.37. The lowest BCUT2D eigenvalue weighted by molar-refractivity contribution is -0.384. The van der Waals surface area contributed by atoms with Gasteiger partial charge in [-0.05, 0) is 70.0 Å². The molecule has 9 heteroatoms. The minimum atomic E-state index is -0.480. The van der Waals surface area contributed by atoms with Gasteiger partial charge in [0.1, 0.15) is 23.0 Å². The largest absolute Gasteiger partial charge is 0.497 e. The maximum absolute atomic E-state index is 13.4. The number of nitro benzene ring substituents is 1. The Hall–Kier alpha value is -3.98. The zero-order valence-electron chi connectivity index (χ0n) is 17.7. The van der Waals surface area contributed by atoms with Crippen LogP contribution in [-0.2, 0) is 4.79 Å². The van der Waals surface area contributed by atoms with Gasteiger partial charge in [0, 0.05) is 17.7 Å². The van der Waals surface area contributed by atoms with Gasteiger partial charge in [-0.2, -0.15) is 0 Å². The van der Waals surface area contributed by atoms with Gasteiger partial charge in [-0.1, -0.05) is 12.1 Å². The zero-order valence-corrected chi connectivity index (χ0v) is 19.3. The minimum absolute atomic E-state index is 0.0647. The third kappa shape index (κ3) is 4.49. The third-order valence-electron chi connectivity index (χ3n) is 4.99. The molecule has 1 aliphatic rings. The summed E-state index contributed by atoms with van der Waals surface area (Å²) in [5, 5.41) is 11.1. The Kier molecular flexibility index (Phi) is 6.23. The minimum Gasteiger partial charge on any atom is -0.497 e. The van der Waals surface area contributed by atoms with Gasteiger partial charge < -0.3 is 9.47 Å². The van der Waals surface area contributed by atoms with Crippen molar-refractivity contribution >= 4 is 45.1 Å². The van der Waals surface area contributed by atoms with Gasteiger partial charge in [-0.3, -0.25) is 19.8 Å². The number of amidine groups is 1. The summed E-state index contributed by atoms with van der Waals surface area (Å²) in [7, 11) is 3.14. The molecule has 1 amide bonds. The Morgan fingerprint density at radius 3 is 2.42 bits per heavy atom. The van der Waals surface area contributed by atoms with E-state index < -0.39 is 4.92 Å². The Labute approximate surface area is 198 Å². The van der Waals surface area contributed by atoms with E-state index in [0.717, 1.165) is 0 Å². The van der Waals surface area contributed by atoms with Crippen LogP contribution >= 0.6 is 15.9 Å². The Bertz CT molecular complexity index is 1300. The van der Waals surface area contributed by atoms with E-state index in [0.29, 0.717) is 38.6 Å². The number of ether oxygens (including phenoxy) is 2. The standard InChI is InChI=1S/C24H18BrN3O5/c1-32-19-9-7-17(8-10-19)27-23(16-6-11-22(33-2)20(25)14-16)26-21(24(27)29)13-15-4-3-5-18(12-15)28(30)31/h3-14H,1-2H3/b21-13-. The van der Waals surface area contributed by atoms with Crippen molar-refractivity contribution in [3.63, 3.8) is 0 Å². The normalized spacial score (nSPS) is 14.4. The van der Waals surface area contributed by atoms with Crippen molar-refractivity contribution in [3.05, 3.63) is 98.1 Å². The van der Waals surface area contributed by atoms with Gasteiger partial charge >= 0.3 is 0 Å². The van der Waals surface area contributed by atoms with Crippen LogP contribution in [0.2, 0.25) is 0 Å². The molecular formula is C24H18BrN3O5. The number of hydrogen-bond donors (Lipinski definition) is 0. The van der Waals surface area contributed by atoms with E-state index in [9.17, 15) is 14.9 Å². The van der Waals surface area contributed by atoms with Crippen LogP contribution < -0.4 is 14.4 Å². The summed E-state index contributed by atoms with van der Waals surface area (Å²) in [4.78, 5) is 30.2. The summed E-state index contributed by atoms with van der Waals surface area (Å²) in [5.41, 5.74) is 1.89. The van der Waals surface area contributed by atoms with Crippen molar-refractivity contribution in [2.45, 2.75) is 0 Å². The van der Waals surface area contributed by atoms with Gasteiger partial charge in [0.15, 0.2) is 0 Å². The molecule has 1 aliphatic heterocycles. The number of amides is 1. The first-order valence-electron chi connectivity index (χ1n) is 9.78. The average Bonchev–Trinajstić information content (AvgIpc) is 3.15. The average molecular weight is 508 g/mol. The molecule has 0 fully saturated rings. The number of anilines is 1. The van der Waals surface area contributed by atoms with E-state index in [1.807, 2.05) is 12.1 Å². The molecule has 0 spiro atoms. The van der Waals surface area contributed by atoms with Gasteiger partial charge in [0.05, 0.1) is 29.3 Å². The molecule has 3 aromatic rings.